The third kappa shape index (κ3) is 11.0. The number of hydrogen-bond acceptors (Lipinski definition) is 0. The van der Waals surface area contributed by atoms with Gasteiger partial charge in [-0.1, -0.05) is 70.3 Å². The smallest absolute Gasteiger partial charge is 0.0234 e. The molecule has 0 radical (unpaired) electrons. The van der Waals surface area contributed by atoms with Gasteiger partial charge in [0.2, 0.25) is 0 Å². The summed E-state index contributed by atoms with van der Waals surface area (Å²) in [6, 6.07) is 0. The van der Waals surface area contributed by atoms with Gasteiger partial charge in [-0.05, 0) is 51.4 Å². The van der Waals surface area contributed by atoms with Crippen LogP contribution in [0.3, 0.4) is 0 Å². The second kappa shape index (κ2) is 13.9. The molecule has 0 saturated heterocycles. The lowest BCUT2D eigenvalue weighted by molar-refractivity contribution is 0.473. The third-order valence-corrected chi connectivity index (χ3v) is 4.01. The molecule has 0 aromatic carbocycles. The average Bonchev–Trinajstić information content (AvgIpc) is 2.41. The van der Waals surface area contributed by atoms with Crippen molar-refractivity contribution in [2.45, 2.75) is 85.5 Å². The molecule has 0 amide bonds. The van der Waals surface area contributed by atoms with Crippen LogP contribution in [0.15, 0.2) is 24.3 Å². The zero-order valence-electron chi connectivity index (χ0n) is 13.8. The Morgan fingerprint density at radius 1 is 0.684 bits per heavy atom. The molecule has 0 spiro atoms. The first-order valence-electron chi connectivity index (χ1n) is 8.54. The lowest BCUT2D eigenvalue weighted by Gasteiger charge is -2.12. The van der Waals surface area contributed by atoms with Crippen molar-refractivity contribution >= 4 is 0 Å². The fourth-order valence-electron chi connectivity index (χ4n) is 2.85. The summed E-state index contributed by atoms with van der Waals surface area (Å²) in [7, 11) is 0. The molecule has 0 fully saturated rings. The van der Waals surface area contributed by atoms with E-state index in [1.54, 1.807) is 0 Å². The summed E-state index contributed by atoms with van der Waals surface area (Å²) in [5.41, 5.74) is 0. The van der Waals surface area contributed by atoms with Crippen LogP contribution in [0.2, 0.25) is 0 Å². The van der Waals surface area contributed by atoms with E-state index in [0.717, 1.165) is 11.8 Å². The molecule has 0 aliphatic rings. The molecule has 0 rings (SSSR count). The Morgan fingerprint density at radius 2 is 1.21 bits per heavy atom. The van der Waals surface area contributed by atoms with E-state index >= 15 is 0 Å². The minimum Gasteiger partial charge on any atom is -0.0914 e. The van der Waals surface area contributed by atoms with E-state index in [0.29, 0.717) is 0 Å². The molecule has 0 aliphatic carbocycles. The van der Waals surface area contributed by atoms with E-state index in [-0.39, 0.29) is 0 Å². The molecule has 0 heteroatoms. The van der Waals surface area contributed by atoms with Crippen LogP contribution in [-0.4, -0.2) is 0 Å². The lowest BCUT2D eigenvalue weighted by atomic mass is 9.94. The highest BCUT2D eigenvalue weighted by molar-refractivity contribution is 4.85. The molecule has 0 aromatic heterocycles. The Labute approximate surface area is 122 Å². The van der Waals surface area contributed by atoms with Crippen molar-refractivity contribution in [3.05, 3.63) is 24.3 Å². The van der Waals surface area contributed by atoms with E-state index in [4.69, 9.17) is 0 Å². The second-order valence-corrected chi connectivity index (χ2v) is 5.76. The molecule has 0 N–H and O–H groups in total. The molecule has 19 heavy (non-hydrogen) atoms. The number of unbranched alkanes of at least 4 members (excludes halogenated alkanes) is 3. The Balaban J connectivity index is 3.57. The van der Waals surface area contributed by atoms with Crippen LogP contribution in [0.4, 0.5) is 0 Å². The molecule has 0 aromatic rings. The first kappa shape index (κ1) is 18.5. The first-order chi connectivity index (χ1) is 9.28. The van der Waals surface area contributed by atoms with Crippen molar-refractivity contribution in [2.75, 3.05) is 0 Å². The van der Waals surface area contributed by atoms with Crippen LogP contribution in [-0.2, 0) is 0 Å². The maximum Gasteiger partial charge on any atom is -0.0234 e. The van der Waals surface area contributed by atoms with E-state index in [2.05, 4.69) is 52.0 Å². The second-order valence-electron chi connectivity index (χ2n) is 5.76. The van der Waals surface area contributed by atoms with Crippen LogP contribution < -0.4 is 0 Å². The first-order valence-corrected chi connectivity index (χ1v) is 8.54. The van der Waals surface area contributed by atoms with Crippen molar-refractivity contribution in [1.82, 2.24) is 0 Å². The van der Waals surface area contributed by atoms with Crippen molar-refractivity contribution in [1.29, 1.82) is 0 Å². The quantitative estimate of drug-likeness (QED) is 0.265. The van der Waals surface area contributed by atoms with Gasteiger partial charge in [-0.25, -0.2) is 0 Å². The van der Waals surface area contributed by atoms with Crippen LogP contribution in [0.25, 0.3) is 0 Å². The standard InChI is InChI=1S/C19H36/c1-5-13-18(8-4)16-11-9-10-12-17-19(14-6-2)15-7-3/h5-6,13-14,18-19H,7-12,15-17H2,1-4H3/b13-5+,14-6+. The van der Waals surface area contributed by atoms with Gasteiger partial charge in [0.05, 0.1) is 0 Å². The monoisotopic (exact) mass is 264 g/mol. The van der Waals surface area contributed by atoms with Crippen molar-refractivity contribution in [3.8, 4) is 0 Å². The normalized spacial score (nSPS) is 15.4. The van der Waals surface area contributed by atoms with Crippen LogP contribution in [0.1, 0.15) is 85.5 Å². The van der Waals surface area contributed by atoms with E-state index in [1.165, 1.54) is 57.8 Å². The molecular formula is C19H36. The predicted molar refractivity (Wildman–Crippen MR) is 89.5 cm³/mol. The number of hydrogen-bond donors (Lipinski definition) is 0. The molecule has 0 nitrogen and oxygen atoms in total. The van der Waals surface area contributed by atoms with Crippen LogP contribution in [0, 0.1) is 11.8 Å². The van der Waals surface area contributed by atoms with E-state index in [9.17, 15) is 0 Å². The van der Waals surface area contributed by atoms with E-state index in [1.807, 2.05) is 0 Å². The molecule has 0 heterocycles. The summed E-state index contributed by atoms with van der Waals surface area (Å²) in [6.45, 7) is 8.88. The van der Waals surface area contributed by atoms with Crippen molar-refractivity contribution in [3.63, 3.8) is 0 Å². The van der Waals surface area contributed by atoms with Gasteiger partial charge >= 0.3 is 0 Å². The molecular weight excluding hydrogens is 228 g/mol. The van der Waals surface area contributed by atoms with Crippen LogP contribution >= 0.6 is 0 Å². The van der Waals surface area contributed by atoms with Gasteiger partial charge in [-0.3, -0.25) is 0 Å². The highest BCUT2D eigenvalue weighted by atomic mass is 14.1. The average molecular weight is 264 g/mol. The summed E-state index contributed by atoms with van der Waals surface area (Å²) in [4.78, 5) is 0. The topological polar surface area (TPSA) is 0 Å². The molecule has 0 saturated carbocycles. The maximum atomic E-state index is 2.41. The van der Waals surface area contributed by atoms with Gasteiger partial charge < -0.3 is 0 Å². The minimum absolute atomic E-state index is 0.820. The Bertz CT molecular complexity index is 224. The van der Waals surface area contributed by atoms with Crippen molar-refractivity contribution in [2.24, 2.45) is 11.8 Å². The van der Waals surface area contributed by atoms with E-state index < -0.39 is 0 Å². The van der Waals surface area contributed by atoms with Crippen molar-refractivity contribution < 1.29 is 0 Å². The Kier molecular flexibility index (Phi) is 13.5. The summed E-state index contributed by atoms with van der Waals surface area (Å²) in [6.07, 6.45) is 21.6. The van der Waals surface area contributed by atoms with Gasteiger partial charge in [0.1, 0.15) is 0 Å². The molecule has 0 aliphatic heterocycles. The molecule has 2 unspecified atom stereocenters. The summed E-state index contributed by atoms with van der Waals surface area (Å²) in [5.74, 6) is 1.65. The number of rotatable bonds is 12. The summed E-state index contributed by atoms with van der Waals surface area (Å²) in [5, 5.41) is 0. The van der Waals surface area contributed by atoms with Gasteiger partial charge in [0.15, 0.2) is 0 Å². The highest BCUT2D eigenvalue weighted by Gasteiger charge is 2.04. The zero-order valence-corrected chi connectivity index (χ0v) is 13.8. The Hall–Kier alpha value is -0.520. The molecule has 112 valence electrons. The van der Waals surface area contributed by atoms with Crippen LogP contribution in [0.5, 0.6) is 0 Å². The van der Waals surface area contributed by atoms with Gasteiger partial charge in [0, 0.05) is 0 Å². The SMILES string of the molecule is C/C=C/C(CC)CCCCCCC(/C=C/C)CCC. The highest BCUT2D eigenvalue weighted by Crippen LogP contribution is 2.19. The minimum atomic E-state index is 0.820. The summed E-state index contributed by atoms with van der Waals surface area (Å²) < 4.78 is 0. The lowest BCUT2D eigenvalue weighted by Crippen LogP contribution is -1.97. The molecule has 2 atom stereocenters. The van der Waals surface area contributed by atoms with Gasteiger partial charge in [0.25, 0.3) is 0 Å². The molecule has 0 bridgehead atoms. The summed E-state index contributed by atoms with van der Waals surface area (Å²) >= 11 is 0. The zero-order chi connectivity index (χ0) is 14.3. The predicted octanol–water partition coefficient (Wildman–Crippen LogP) is 6.92. The van der Waals surface area contributed by atoms with Gasteiger partial charge in [-0.2, -0.15) is 0 Å². The van der Waals surface area contributed by atoms with Gasteiger partial charge in [-0.15, -0.1) is 0 Å². The third-order valence-electron chi connectivity index (χ3n) is 4.01. The fourth-order valence-corrected chi connectivity index (χ4v) is 2.85. The number of allylic oxidation sites excluding steroid dienone is 4. The fraction of sp³-hybridized carbons (Fsp3) is 0.789. The maximum absolute atomic E-state index is 2.41. The largest absolute Gasteiger partial charge is 0.0914 e. The Morgan fingerprint density at radius 3 is 1.68 bits per heavy atom.